The Hall–Kier alpha value is -2.62. The van der Waals surface area contributed by atoms with Gasteiger partial charge in [0, 0.05) is 6.54 Å². The van der Waals surface area contributed by atoms with Gasteiger partial charge in [-0.05, 0) is 24.3 Å². The number of benzene rings is 2. The minimum atomic E-state index is -0.299. The normalized spacial score (nSPS) is 10.8. The Morgan fingerprint density at radius 1 is 1.20 bits per heavy atom. The summed E-state index contributed by atoms with van der Waals surface area (Å²) in [5.41, 5.74) is 8.57. The molecule has 3 nitrogen and oxygen atoms in total. The van der Waals surface area contributed by atoms with Gasteiger partial charge in [-0.3, -0.25) is 0 Å². The zero-order valence-corrected chi connectivity index (χ0v) is 10.9. The Labute approximate surface area is 116 Å². The number of aromatic nitrogens is 2. The molecule has 2 N–H and O–H groups in total. The highest BCUT2D eigenvalue weighted by Crippen LogP contribution is 2.29. The second kappa shape index (κ2) is 4.81. The lowest BCUT2D eigenvalue weighted by molar-refractivity contribution is 0.628. The molecule has 0 aliphatic heterocycles. The van der Waals surface area contributed by atoms with E-state index in [9.17, 15) is 4.39 Å². The molecular weight excluding hydrogens is 253 g/mol. The fourth-order valence-corrected chi connectivity index (χ4v) is 2.33. The standard InChI is InChI=1S/C16H14FN3/c1-2-10-20-14-9-5-8-13(18)15(14)19-16(20)11-6-3-4-7-12(11)17/h2-9H,1,10,18H2. The van der Waals surface area contributed by atoms with Crippen molar-refractivity contribution in [2.24, 2.45) is 0 Å². The summed E-state index contributed by atoms with van der Waals surface area (Å²) in [4.78, 5) is 4.51. The lowest BCUT2D eigenvalue weighted by atomic mass is 10.2. The minimum absolute atomic E-state index is 0.299. The summed E-state index contributed by atoms with van der Waals surface area (Å²) in [6.07, 6.45) is 1.76. The van der Waals surface area contributed by atoms with Crippen molar-refractivity contribution < 1.29 is 4.39 Å². The number of nitrogens with zero attached hydrogens (tertiary/aromatic N) is 2. The second-order valence-electron chi connectivity index (χ2n) is 4.53. The van der Waals surface area contributed by atoms with Crippen molar-refractivity contribution in [2.45, 2.75) is 6.54 Å². The van der Waals surface area contributed by atoms with Crippen LogP contribution >= 0.6 is 0 Å². The maximum absolute atomic E-state index is 14.0. The molecule has 0 aliphatic carbocycles. The highest BCUT2D eigenvalue weighted by Gasteiger charge is 2.15. The number of nitrogens with two attached hydrogens (primary N) is 1. The first-order chi connectivity index (χ1) is 9.72. The summed E-state index contributed by atoms with van der Waals surface area (Å²) < 4.78 is 15.9. The minimum Gasteiger partial charge on any atom is -0.397 e. The fourth-order valence-electron chi connectivity index (χ4n) is 2.33. The molecule has 0 bridgehead atoms. The van der Waals surface area contributed by atoms with Crippen molar-refractivity contribution in [1.82, 2.24) is 9.55 Å². The molecule has 3 aromatic rings. The van der Waals surface area contributed by atoms with Gasteiger partial charge < -0.3 is 10.3 Å². The van der Waals surface area contributed by atoms with Crippen molar-refractivity contribution in [3.8, 4) is 11.4 Å². The molecule has 0 spiro atoms. The van der Waals surface area contributed by atoms with Crippen LogP contribution in [0.15, 0.2) is 55.1 Å². The van der Waals surface area contributed by atoms with Crippen LogP contribution in [-0.4, -0.2) is 9.55 Å². The quantitative estimate of drug-likeness (QED) is 0.582. The average molecular weight is 267 g/mol. The number of anilines is 1. The number of rotatable bonds is 3. The molecule has 0 fully saturated rings. The molecule has 0 saturated heterocycles. The molecule has 1 heterocycles. The Bertz CT molecular complexity index is 790. The van der Waals surface area contributed by atoms with Gasteiger partial charge in [-0.25, -0.2) is 9.37 Å². The number of para-hydroxylation sites is 1. The molecule has 0 radical (unpaired) electrons. The zero-order valence-electron chi connectivity index (χ0n) is 10.9. The van der Waals surface area contributed by atoms with Gasteiger partial charge in [0.15, 0.2) is 0 Å². The van der Waals surface area contributed by atoms with Crippen LogP contribution in [0, 0.1) is 5.82 Å². The van der Waals surface area contributed by atoms with E-state index in [4.69, 9.17) is 5.73 Å². The summed E-state index contributed by atoms with van der Waals surface area (Å²) >= 11 is 0. The smallest absolute Gasteiger partial charge is 0.144 e. The van der Waals surface area contributed by atoms with Crippen molar-refractivity contribution in [3.05, 3.63) is 60.9 Å². The van der Waals surface area contributed by atoms with Crippen LogP contribution < -0.4 is 5.73 Å². The fraction of sp³-hybridized carbons (Fsp3) is 0.0625. The van der Waals surface area contributed by atoms with Crippen molar-refractivity contribution in [2.75, 3.05) is 5.73 Å². The van der Waals surface area contributed by atoms with Crippen LogP contribution in [0.1, 0.15) is 0 Å². The molecule has 100 valence electrons. The van der Waals surface area contributed by atoms with E-state index in [0.717, 1.165) is 5.52 Å². The summed E-state index contributed by atoms with van der Waals surface area (Å²) in [5, 5.41) is 0. The molecule has 0 amide bonds. The van der Waals surface area contributed by atoms with E-state index in [1.54, 1.807) is 30.3 Å². The number of allylic oxidation sites excluding steroid dienone is 1. The molecule has 1 aromatic heterocycles. The van der Waals surface area contributed by atoms with E-state index < -0.39 is 0 Å². The number of fused-ring (bicyclic) bond motifs is 1. The molecule has 2 aromatic carbocycles. The van der Waals surface area contributed by atoms with E-state index in [1.165, 1.54) is 6.07 Å². The number of nitrogen functional groups attached to an aromatic ring is 1. The van der Waals surface area contributed by atoms with E-state index in [2.05, 4.69) is 11.6 Å². The van der Waals surface area contributed by atoms with Gasteiger partial charge >= 0.3 is 0 Å². The summed E-state index contributed by atoms with van der Waals surface area (Å²) in [5.74, 6) is 0.266. The van der Waals surface area contributed by atoms with E-state index in [-0.39, 0.29) is 5.82 Å². The van der Waals surface area contributed by atoms with Crippen molar-refractivity contribution in [3.63, 3.8) is 0 Å². The van der Waals surface area contributed by atoms with Crippen LogP contribution in [0.2, 0.25) is 0 Å². The Balaban J connectivity index is 2.35. The van der Waals surface area contributed by atoms with Crippen LogP contribution in [0.5, 0.6) is 0 Å². The first kappa shape index (κ1) is 12.4. The van der Waals surface area contributed by atoms with Gasteiger partial charge in [0.2, 0.25) is 0 Å². The topological polar surface area (TPSA) is 43.8 Å². The first-order valence-corrected chi connectivity index (χ1v) is 6.33. The van der Waals surface area contributed by atoms with Gasteiger partial charge in [-0.15, -0.1) is 6.58 Å². The monoisotopic (exact) mass is 267 g/mol. The Morgan fingerprint density at radius 3 is 2.75 bits per heavy atom. The number of halogens is 1. The molecule has 0 atom stereocenters. The first-order valence-electron chi connectivity index (χ1n) is 6.33. The Morgan fingerprint density at radius 2 is 2.00 bits per heavy atom. The summed E-state index contributed by atoms with van der Waals surface area (Å²) in [6, 6.07) is 12.2. The summed E-state index contributed by atoms with van der Waals surface area (Å²) in [7, 11) is 0. The highest BCUT2D eigenvalue weighted by atomic mass is 19.1. The maximum atomic E-state index is 14.0. The van der Waals surface area contributed by atoms with E-state index in [0.29, 0.717) is 29.1 Å². The third kappa shape index (κ3) is 1.86. The molecule has 3 rings (SSSR count). The van der Waals surface area contributed by atoms with E-state index >= 15 is 0 Å². The average Bonchev–Trinajstić information content (AvgIpc) is 2.80. The van der Waals surface area contributed by atoms with Crippen LogP contribution in [0.3, 0.4) is 0 Å². The highest BCUT2D eigenvalue weighted by molar-refractivity contribution is 5.90. The number of hydrogen-bond donors (Lipinski definition) is 1. The van der Waals surface area contributed by atoms with Crippen LogP contribution in [-0.2, 0) is 6.54 Å². The molecule has 4 heteroatoms. The maximum Gasteiger partial charge on any atom is 0.144 e. The molecule has 0 unspecified atom stereocenters. The lowest BCUT2D eigenvalue weighted by Gasteiger charge is -2.07. The van der Waals surface area contributed by atoms with E-state index in [1.807, 2.05) is 16.7 Å². The number of hydrogen-bond acceptors (Lipinski definition) is 2. The van der Waals surface area contributed by atoms with Crippen molar-refractivity contribution in [1.29, 1.82) is 0 Å². The number of imidazole rings is 1. The van der Waals surface area contributed by atoms with Gasteiger partial charge in [0.05, 0.1) is 16.8 Å². The Kier molecular flexibility index (Phi) is 2.99. The van der Waals surface area contributed by atoms with Crippen LogP contribution in [0.25, 0.3) is 22.4 Å². The van der Waals surface area contributed by atoms with Gasteiger partial charge in [-0.1, -0.05) is 24.3 Å². The third-order valence-corrected chi connectivity index (χ3v) is 3.24. The molecular formula is C16H14FN3. The molecule has 0 aliphatic rings. The third-order valence-electron chi connectivity index (χ3n) is 3.24. The second-order valence-corrected chi connectivity index (χ2v) is 4.53. The predicted molar refractivity (Wildman–Crippen MR) is 79.7 cm³/mol. The van der Waals surface area contributed by atoms with Gasteiger partial charge in [0.25, 0.3) is 0 Å². The molecule has 20 heavy (non-hydrogen) atoms. The van der Waals surface area contributed by atoms with Crippen LogP contribution in [0.4, 0.5) is 10.1 Å². The predicted octanol–water partition coefficient (Wildman–Crippen LogP) is 3.61. The zero-order chi connectivity index (χ0) is 14.1. The van der Waals surface area contributed by atoms with Gasteiger partial charge in [0.1, 0.15) is 17.2 Å². The SMILES string of the molecule is C=CCn1c(-c2ccccc2F)nc2c(N)cccc21. The van der Waals surface area contributed by atoms with Gasteiger partial charge in [-0.2, -0.15) is 0 Å². The lowest BCUT2D eigenvalue weighted by Crippen LogP contribution is -1.99. The van der Waals surface area contributed by atoms with Crippen molar-refractivity contribution >= 4 is 16.7 Å². The summed E-state index contributed by atoms with van der Waals surface area (Å²) in [6.45, 7) is 4.29. The largest absolute Gasteiger partial charge is 0.397 e. The molecule has 0 saturated carbocycles.